The van der Waals surface area contributed by atoms with Gasteiger partial charge in [0.15, 0.2) is 5.16 Å². The lowest BCUT2D eigenvalue weighted by Crippen LogP contribution is -2.43. The lowest BCUT2D eigenvalue weighted by molar-refractivity contribution is -0.225. The first-order chi connectivity index (χ1) is 13.1. The predicted octanol–water partition coefficient (Wildman–Crippen LogP) is 1.93. The molecular formula is C17H17ClN4O4S. The fraction of sp³-hybridized carbons (Fsp3) is 0.412. The van der Waals surface area contributed by atoms with Crippen LogP contribution < -0.4 is 5.32 Å². The zero-order chi connectivity index (χ0) is 18.9. The van der Waals surface area contributed by atoms with Gasteiger partial charge in [-0.05, 0) is 36.2 Å². The minimum absolute atomic E-state index is 0.0116. The molecule has 0 amide bonds. The molecule has 0 radical (unpaired) electrons. The molecule has 1 aromatic carbocycles. The predicted molar refractivity (Wildman–Crippen MR) is 97.1 cm³/mol. The Morgan fingerprint density at radius 1 is 1.19 bits per heavy atom. The molecule has 0 saturated carbocycles. The molecular weight excluding hydrogens is 392 g/mol. The van der Waals surface area contributed by atoms with Crippen molar-refractivity contribution in [1.29, 1.82) is 0 Å². The van der Waals surface area contributed by atoms with E-state index in [0.717, 1.165) is 11.1 Å². The van der Waals surface area contributed by atoms with Crippen LogP contribution in [0, 0.1) is 0 Å². The SMILES string of the molecule is O=C1CCC(=O)OC2(CNCCc3c2ccc(Cl)c3CSc2ncn[nH]2)O1. The summed E-state index contributed by atoms with van der Waals surface area (Å²) in [4.78, 5) is 28.4. The number of aromatic amines is 1. The molecule has 4 rings (SSSR count). The quantitative estimate of drug-likeness (QED) is 0.586. The maximum atomic E-state index is 12.1. The molecule has 8 nitrogen and oxygen atoms in total. The number of esters is 2. The van der Waals surface area contributed by atoms with Crippen LogP contribution >= 0.6 is 23.4 Å². The highest BCUT2D eigenvalue weighted by atomic mass is 35.5. The van der Waals surface area contributed by atoms with Crippen molar-refractivity contribution in [2.75, 3.05) is 13.1 Å². The third-order valence-electron chi connectivity index (χ3n) is 4.53. The third kappa shape index (κ3) is 3.67. The molecule has 0 bridgehead atoms. The zero-order valence-corrected chi connectivity index (χ0v) is 15.9. The second kappa shape index (κ2) is 7.49. The molecule has 3 heterocycles. The summed E-state index contributed by atoms with van der Waals surface area (Å²) < 4.78 is 11.3. The number of halogens is 1. The van der Waals surface area contributed by atoms with Gasteiger partial charge in [-0.3, -0.25) is 14.7 Å². The lowest BCUT2D eigenvalue weighted by atomic mass is 9.94. The van der Waals surface area contributed by atoms with Crippen molar-refractivity contribution in [3.05, 3.63) is 40.2 Å². The first kappa shape index (κ1) is 18.3. The summed E-state index contributed by atoms with van der Waals surface area (Å²) in [7, 11) is 0. The topological polar surface area (TPSA) is 106 Å². The number of nitrogens with zero attached hydrogens (tertiary/aromatic N) is 2. The van der Waals surface area contributed by atoms with Crippen LogP contribution in [0.3, 0.4) is 0 Å². The average Bonchev–Trinajstić information content (AvgIpc) is 3.04. The Morgan fingerprint density at radius 2 is 1.96 bits per heavy atom. The number of benzene rings is 1. The van der Waals surface area contributed by atoms with E-state index < -0.39 is 17.7 Å². The number of H-pyrrole nitrogens is 1. The van der Waals surface area contributed by atoms with E-state index in [4.69, 9.17) is 21.1 Å². The largest absolute Gasteiger partial charge is 0.416 e. The van der Waals surface area contributed by atoms with Crippen molar-refractivity contribution in [1.82, 2.24) is 20.5 Å². The van der Waals surface area contributed by atoms with E-state index in [1.807, 2.05) is 0 Å². The van der Waals surface area contributed by atoms with Crippen LogP contribution in [0.4, 0.5) is 0 Å². The van der Waals surface area contributed by atoms with E-state index in [0.29, 0.717) is 34.5 Å². The fourth-order valence-electron chi connectivity index (χ4n) is 3.31. The maximum Gasteiger partial charge on any atom is 0.309 e. The summed E-state index contributed by atoms with van der Waals surface area (Å²) >= 11 is 7.94. The van der Waals surface area contributed by atoms with Crippen LogP contribution in [0.1, 0.15) is 29.5 Å². The Hall–Kier alpha value is -2.10. The number of thioether (sulfide) groups is 1. The first-order valence-corrected chi connectivity index (χ1v) is 9.87. The van der Waals surface area contributed by atoms with Gasteiger partial charge >= 0.3 is 11.9 Å². The van der Waals surface area contributed by atoms with Crippen LogP contribution in [-0.4, -0.2) is 40.2 Å². The molecule has 0 atom stereocenters. The Kier molecular flexibility index (Phi) is 5.07. The molecule has 1 fully saturated rings. The third-order valence-corrected chi connectivity index (χ3v) is 5.79. The van der Waals surface area contributed by atoms with E-state index >= 15 is 0 Å². The first-order valence-electron chi connectivity index (χ1n) is 8.51. The molecule has 2 aliphatic heterocycles. The van der Waals surface area contributed by atoms with Gasteiger partial charge in [0.2, 0.25) is 0 Å². The summed E-state index contributed by atoms with van der Waals surface area (Å²) in [6.07, 6.45) is 2.13. The number of aromatic nitrogens is 3. The summed E-state index contributed by atoms with van der Waals surface area (Å²) in [6, 6.07) is 3.52. The number of ether oxygens (including phenoxy) is 2. The highest BCUT2D eigenvalue weighted by molar-refractivity contribution is 7.98. The van der Waals surface area contributed by atoms with E-state index in [1.54, 1.807) is 12.1 Å². The van der Waals surface area contributed by atoms with E-state index in [2.05, 4.69) is 20.5 Å². The Balaban J connectivity index is 1.76. The number of rotatable bonds is 3. The molecule has 0 aliphatic carbocycles. The number of carbonyl (C=O) groups excluding carboxylic acids is 2. The maximum absolute atomic E-state index is 12.1. The highest BCUT2D eigenvalue weighted by Gasteiger charge is 2.45. The zero-order valence-electron chi connectivity index (χ0n) is 14.3. The molecule has 2 aliphatic rings. The molecule has 2 N–H and O–H groups in total. The van der Waals surface area contributed by atoms with E-state index in [1.165, 1.54) is 18.1 Å². The van der Waals surface area contributed by atoms with Gasteiger partial charge in [0.25, 0.3) is 5.79 Å². The average molecular weight is 409 g/mol. The van der Waals surface area contributed by atoms with Crippen molar-refractivity contribution < 1.29 is 19.1 Å². The summed E-state index contributed by atoms with van der Waals surface area (Å²) in [5.74, 6) is -1.83. The van der Waals surface area contributed by atoms with Crippen molar-refractivity contribution in [3.8, 4) is 0 Å². The number of nitrogens with one attached hydrogen (secondary N) is 2. The van der Waals surface area contributed by atoms with Gasteiger partial charge in [0.1, 0.15) is 6.33 Å². The Bertz CT molecular complexity index is 856. The van der Waals surface area contributed by atoms with E-state index in [9.17, 15) is 9.59 Å². The number of carbonyl (C=O) groups is 2. The van der Waals surface area contributed by atoms with Crippen molar-refractivity contribution in [3.63, 3.8) is 0 Å². The summed E-state index contributed by atoms with van der Waals surface area (Å²) in [6.45, 7) is 0.845. The van der Waals surface area contributed by atoms with E-state index in [-0.39, 0.29) is 19.4 Å². The van der Waals surface area contributed by atoms with Crippen LogP contribution in [0.2, 0.25) is 5.02 Å². The second-order valence-electron chi connectivity index (χ2n) is 6.26. The molecule has 27 heavy (non-hydrogen) atoms. The lowest BCUT2D eigenvalue weighted by Gasteiger charge is -2.32. The normalized spacial score (nSPS) is 19.0. The van der Waals surface area contributed by atoms with Crippen LogP contribution in [0.5, 0.6) is 0 Å². The Morgan fingerprint density at radius 3 is 2.67 bits per heavy atom. The van der Waals surface area contributed by atoms with Gasteiger partial charge in [-0.25, -0.2) is 4.98 Å². The molecule has 0 unspecified atom stereocenters. The van der Waals surface area contributed by atoms with Crippen molar-refractivity contribution in [2.45, 2.75) is 36.0 Å². The van der Waals surface area contributed by atoms with Crippen LogP contribution in [0.25, 0.3) is 0 Å². The van der Waals surface area contributed by atoms with Gasteiger partial charge in [0.05, 0.1) is 19.4 Å². The van der Waals surface area contributed by atoms with Crippen LogP contribution in [0.15, 0.2) is 23.6 Å². The fourth-order valence-corrected chi connectivity index (χ4v) is 4.48. The smallest absolute Gasteiger partial charge is 0.309 e. The summed E-state index contributed by atoms with van der Waals surface area (Å²) in [5.41, 5.74) is 2.48. The molecule has 1 aromatic heterocycles. The highest BCUT2D eigenvalue weighted by Crippen LogP contribution is 2.39. The second-order valence-corrected chi connectivity index (χ2v) is 7.63. The van der Waals surface area contributed by atoms with Gasteiger partial charge in [0, 0.05) is 16.3 Å². The van der Waals surface area contributed by atoms with Crippen molar-refractivity contribution in [2.24, 2.45) is 0 Å². The number of hydrogen-bond acceptors (Lipinski definition) is 8. The van der Waals surface area contributed by atoms with Crippen LogP contribution in [-0.2, 0) is 37.0 Å². The van der Waals surface area contributed by atoms with Crippen molar-refractivity contribution >= 4 is 35.3 Å². The standard InChI is InChI=1S/C17H17ClN4O4S/c18-13-2-1-12-10(11(13)7-27-16-20-9-21-22-16)5-6-19-8-17(12)25-14(23)3-4-15(24)26-17/h1-2,9,19H,3-8H2,(H,20,21,22). The molecule has 1 spiro atoms. The monoisotopic (exact) mass is 408 g/mol. The number of fused-ring (bicyclic) bond motifs is 2. The minimum Gasteiger partial charge on any atom is -0.416 e. The Labute approximate surface area is 164 Å². The molecule has 10 heteroatoms. The number of hydrogen-bond donors (Lipinski definition) is 2. The van der Waals surface area contributed by atoms with Gasteiger partial charge in [-0.15, -0.1) is 0 Å². The molecule has 2 aromatic rings. The molecule has 142 valence electrons. The van der Waals surface area contributed by atoms with Gasteiger partial charge in [-0.1, -0.05) is 23.4 Å². The van der Waals surface area contributed by atoms with Gasteiger partial charge < -0.3 is 14.8 Å². The summed E-state index contributed by atoms with van der Waals surface area (Å²) in [5, 5.41) is 11.1. The van der Waals surface area contributed by atoms with Gasteiger partial charge in [-0.2, -0.15) is 5.10 Å². The molecule has 1 saturated heterocycles. The minimum atomic E-state index is -1.47.